The van der Waals surface area contributed by atoms with Crippen molar-refractivity contribution in [2.75, 3.05) is 19.0 Å². The molecule has 0 aromatic heterocycles. The van der Waals surface area contributed by atoms with Crippen molar-refractivity contribution in [3.05, 3.63) is 95.1 Å². The van der Waals surface area contributed by atoms with E-state index >= 15 is 0 Å². The molecule has 1 N–H and O–H groups in total. The van der Waals surface area contributed by atoms with Crippen LogP contribution in [0.15, 0.2) is 82.6 Å². The fraction of sp³-hybridized carbons (Fsp3) is 0.310. The molecule has 0 amide bonds. The van der Waals surface area contributed by atoms with Crippen LogP contribution in [0.3, 0.4) is 0 Å². The van der Waals surface area contributed by atoms with Crippen molar-refractivity contribution in [1.82, 2.24) is 0 Å². The highest BCUT2D eigenvalue weighted by atomic mass is 32.2. The Kier molecular flexibility index (Phi) is 8.32. The van der Waals surface area contributed by atoms with Gasteiger partial charge in [-0.25, -0.2) is 16.8 Å². The lowest BCUT2D eigenvalue weighted by Gasteiger charge is -2.29. The molecular formula is C29H30O9S2. The molecule has 11 heteroatoms. The number of ether oxygens (including phenoxy) is 2. The maximum Gasteiger partial charge on any atom is 0.311 e. The van der Waals surface area contributed by atoms with Gasteiger partial charge in [0.15, 0.2) is 36.5 Å². The summed E-state index contributed by atoms with van der Waals surface area (Å²) in [6, 6.07) is 18.0. The Morgan fingerprint density at radius 2 is 1.52 bits per heavy atom. The maximum atomic E-state index is 14.0. The molecule has 212 valence electrons. The zero-order valence-corrected chi connectivity index (χ0v) is 23.9. The summed E-state index contributed by atoms with van der Waals surface area (Å²) in [4.78, 5) is 24.9. The Labute approximate surface area is 233 Å². The van der Waals surface area contributed by atoms with E-state index in [1.165, 1.54) is 48.5 Å². The number of carbonyl (C=O) groups is 2. The van der Waals surface area contributed by atoms with Crippen molar-refractivity contribution in [3.8, 4) is 0 Å². The van der Waals surface area contributed by atoms with Crippen molar-refractivity contribution >= 4 is 31.4 Å². The summed E-state index contributed by atoms with van der Waals surface area (Å²) >= 11 is 0. The van der Waals surface area contributed by atoms with Gasteiger partial charge >= 0.3 is 5.97 Å². The highest BCUT2D eigenvalue weighted by Gasteiger charge is 2.51. The highest BCUT2D eigenvalue weighted by Crippen LogP contribution is 2.34. The standard InChI is InChI=1S/C29H30O9S2/c1-19-7-6-9-24(15-19)40(35,36)29(3,18-39(33,34)25-10-5-4-8-20(25)2)26(30)21-11-13-22(14-12-21)28-37-16-23(17-38-28)27(31)32/h4-15,23,28H,16-18H2,1-3H3,(H,31,32). The summed E-state index contributed by atoms with van der Waals surface area (Å²) in [6.45, 7) is 4.35. The fourth-order valence-corrected chi connectivity index (χ4v) is 9.01. The molecule has 1 heterocycles. The first kappa shape index (κ1) is 29.6. The average Bonchev–Trinajstić information content (AvgIpc) is 2.92. The molecule has 40 heavy (non-hydrogen) atoms. The van der Waals surface area contributed by atoms with Crippen LogP contribution >= 0.6 is 0 Å². The van der Waals surface area contributed by atoms with Crippen LogP contribution in [-0.4, -0.2) is 57.4 Å². The number of rotatable bonds is 9. The van der Waals surface area contributed by atoms with E-state index in [0.717, 1.165) is 6.92 Å². The van der Waals surface area contributed by atoms with Crippen molar-refractivity contribution in [3.63, 3.8) is 0 Å². The quantitative estimate of drug-likeness (QED) is 0.369. The molecule has 9 nitrogen and oxygen atoms in total. The first-order chi connectivity index (χ1) is 18.8. The number of aliphatic carboxylic acids is 1. The first-order valence-corrected chi connectivity index (χ1v) is 15.6. The zero-order chi connectivity index (χ0) is 29.3. The van der Waals surface area contributed by atoms with Crippen molar-refractivity contribution in [2.24, 2.45) is 5.92 Å². The number of ketones is 1. The normalized spacial score (nSPS) is 19.5. The largest absolute Gasteiger partial charge is 0.481 e. The van der Waals surface area contributed by atoms with Crippen molar-refractivity contribution in [1.29, 1.82) is 0 Å². The third kappa shape index (κ3) is 5.73. The van der Waals surface area contributed by atoms with Gasteiger partial charge in [0, 0.05) is 11.1 Å². The van der Waals surface area contributed by atoms with E-state index in [2.05, 4.69) is 0 Å². The van der Waals surface area contributed by atoms with E-state index in [1.807, 2.05) is 0 Å². The summed E-state index contributed by atoms with van der Waals surface area (Å²) in [5.74, 6) is -3.67. The monoisotopic (exact) mass is 586 g/mol. The molecule has 1 aliphatic rings. The Bertz CT molecular complexity index is 1640. The van der Waals surface area contributed by atoms with Crippen LogP contribution in [0.5, 0.6) is 0 Å². The molecular weight excluding hydrogens is 556 g/mol. The fourth-order valence-electron chi connectivity index (χ4n) is 4.59. The Balaban J connectivity index is 1.73. The van der Waals surface area contributed by atoms with Gasteiger partial charge in [-0.05, 0) is 50.1 Å². The second-order valence-electron chi connectivity index (χ2n) is 10.1. The van der Waals surface area contributed by atoms with Crippen LogP contribution in [0, 0.1) is 19.8 Å². The van der Waals surface area contributed by atoms with Gasteiger partial charge in [-0.3, -0.25) is 9.59 Å². The summed E-state index contributed by atoms with van der Waals surface area (Å²) in [7, 11) is -8.73. The van der Waals surface area contributed by atoms with Gasteiger partial charge < -0.3 is 14.6 Å². The summed E-state index contributed by atoms with van der Waals surface area (Å²) in [5, 5.41) is 9.11. The maximum absolute atomic E-state index is 14.0. The molecule has 3 aromatic carbocycles. The van der Waals surface area contributed by atoms with Gasteiger partial charge in [-0.2, -0.15) is 0 Å². The number of benzene rings is 3. The molecule has 1 fully saturated rings. The van der Waals surface area contributed by atoms with Gasteiger partial charge in [-0.1, -0.05) is 54.6 Å². The van der Waals surface area contributed by atoms with Crippen LogP contribution in [0.1, 0.15) is 40.3 Å². The SMILES string of the molecule is Cc1cccc(S(=O)(=O)C(C)(CS(=O)(=O)c2ccccc2C)C(=O)c2ccc(C3OCC(C(=O)O)CO3)cc2)c1. The van der Waals surface area contributed by atoms with Gasteiger partial charge in [-0.15, -0.1) is 0 Å². The minimum Gasteiger partial charge on any atom is -0.481 e. The van der Waals surface area contributed by atoms with E-state index in [-0.39, 0.29) is 28.6 Å². The molecule has 0 radical (unpaired) electrons. The molecule has 3 aromatic rings. The second-order valence-corrected chi connectivity index (χ2v) is 14.4. The number of Topliss-reactive ketones (excluding diaryl/α,β-unsaturated/α-hetero) is 1. The van der Waals surface area contributed by atoms with E-state index < -0.39 is 54.1 Å². The lowest BCUT2D eigenvalue weighted by molar-refractivity contribution is -0.211. The first-order valence-electron chi connectivity index (χ1n) is 12.5. The van der Waals surface area contributed by atoms with Crippen molar-refractivity contribution < 1.29 is 41.0 Å². The number of aryl methyl sites for hydroxylation is 2. The van der Waals surface area contributed by atoms with Gasteiger partial charge in [0.05, 0.1) is 28.8 Å². The zero-order valence-electron chi connectivity index (χ0n) is 22.2. The summed E-state index contributed by atoms with van der Waals surface area (Å²) in [6.07, 6.45) is -0.858. The topological polar surface area (TPSA) is 141 Å². The molecule has 1 atom stereocenters. The number of hydrogen-bond donors (Lipinski definition) is 1. The Morgan fingerprint density at radius 1 is 0.900 bits per heavy atom. The Morgan fingerprint density at radius 3 is 2.10 bits per heavy atom. The second kappa shape index (κ2) is 11.2. The minimum atomic E-state index is -4.50. The van der Waals surface area contributed by atoms with Gasteiger partial charge in [0.2, 0.25) is 0 Å². The summed E-state index contributed by atoms with van der Waals surface area (Å²) < 4.78 is 63.9. The highest BCUT2D eigenvalue weighted by molar-refractivity contribution is 7.96. The number of carboxylic acids is 1. The number of hydrogen-bond acceptors (Lipinski definition) is 8. The smallest absolute Gasteiger partial charge is 0.311 e. The molecule has 0 saturated carbocycles. The molecule has 1 saturated heterocycles. The van der Waals surface area contributed by atoms with Crippen LogP contribution in [0.4, 0.5) is 0 Å². The van der Waals surface area contributed by atoms with Gasteiger partial charge in [0.1, 0.15) is 5.92 Å². The van der Waals surface area contributed by atoms with E-state index in [0.29, 0.717) is 16.7 Å². The van der Waals surface area contributed by atoms with E-state index in [9.17, 15) is 26.4 Å². The van der Waals surface area contributed by atoms with Crippen LogP contribution in [-0.2, 0) is 33.9 Å². The number of sulfone groups is 2. The average molecular weight is 587 g/mol. The molecule has 4 rings (SSSR count). The van der Waals surface area contributed by atoms with Gasteiger partial charge in [0.25, 0.3) is 0 Å². The Hall–Kier alpha value is -3.38. The predicted octanol–water partition coefficient (Wildman–Crippen LogP) is 3.94. The van der Waals surface area contributed by atoms with E-state index in [4.69, 9.17) is 14.6 Å². The van der Waals surface area contributed by atoms with Crippen molar-refractivity contribution in [2.45, 2.75) is 41.6 Å². The third-order valence-electron chi connectivity index (χ3n) is 6.96. The third-order valence-corrected chi connectivity index (χ3v) is 11.6. The lowest BCUT2D eigenvalue weighted by atomic mass is 9.98. The molecule has 0 aliphatic carbocycles. The number of carbonyl (C=O) groups excluding carboxylic acids is 1. The lowest BCUT2D eigenvalue weighted by Crippen LogP contribution is -2.49. The predicted molar refractivity (Wildman–Crippen MR) is 147 cm³/mol. The summed E-state index contributed by atoms with van der Waals surface area (Å²) in [5.41, 5.74) is 1.56. The molecule has 0 bridgehead atoms. The van der Waals surface area contributed by atoms with Crippen LogP contribution in [0.25, 0.3) is 0 Å². The van der Waals surface area contributed by atoms with E-state index in [1.54, 1.807) is 38.1 Å². The molecule has 0 spiro atoms. The molecule has 1 unspecified atom stereocenters. The molecule has 1 aliphatic heterocycles. The van der Waals surface area contributed by atoms with Crippen LogP contribution in [0.2, 0.25) is 0 Å². The number of carboxylic acid groups (broad SMARTS) is 1. The van der Waals surface area contributed by atoms with Crippen LogP contribution < -0.4 is 0 Å². The minimum absolute atomic E-state index is 0.0123.